The highest BCUT2D eigenvalue weighted by atomic mass is 19.1. The second kappa shape index (κ2) is 7.52. The van der Waals surface area contributed by atoms with Gasteiger partial charge < -0.3 is 19.1 Å². The Labute approximate surface area is 163 Å². The number of aryl methyl sites for hydroxylation is 1. The molecule has 2 saturated heterocycles. The average molecular weight is 389 g/mol. The Kier molecular flexibility index (Phi) is 5.07. The van der Waals surface area contributed by atoms with Gasteiger partial charge >= 0.3 is 0 Å². The number of aromatic nitrogens is 2. The fourth-order valence-electron chi connectivity index (χ4n) is 3.81. The fraction of sp³-hybridized carbons (Fsp3) is 0.500. The minimum Gasteiger partial charge on any atom is -0.497 e. The topological polar surface area (TPSA) is 65.8 Å². The Balaban J connectivity index is 1.55. The number of amides is 1. The molecule has 7 nitrogen and oxygen atoms in total. The molecule has 8 heteroatoms. The Bertz CT molecular complexity index is 866. The third-order valence-electron chi connectivity index (χ3n) is 5.38. The van der Waals surface area contributed by atoms with Crippen LogP contribution in [0.5, 0.6) is 5.75 Å². The van der Waals surface area contributed by atoms with E-state index < -0.39 is 11.6 Å². The summed E-state index contributed by atoms with van der Waals surface area (Å²) in [5, 5.41) is 4.42. The molecule has 0 aliphatic carbocycles. The Morgan fingerprint density at radius 2 is 1.96 bits per heavy atom. The summed E-state index contributed by atoms with van der Waals surface area (Å²) in [6.45, 7) is 4.73. The number of nitrogens with zero attached hydrogens (tertiary/aromatic N) is 3. The van der Waals surface area contributed by atoms with Crippen LogP contribution >= 0.6 is 0 Å². The molecule has 1 aromatic heterocycles. The highest BCUT2D eigenvalue weighted by Gasteiger charge is 2.41. The van der Waals surface area contributed by atoms with E-state index in [1.54, 1.807) is 27.8 Å². The normalized spacial score (nSPS) is 18.6. The molecular formula is C20H24FN3O4. The minimum atomic E-state index is -0.531. The highest BCUT2D eigenvalue weighted by molar-refractivity contribution is 5.93. The van der Waals surface area contributed by atoms with Crippen LogP contribution in [0.2, 0.25) is 0 Å². The molecule has 4 rings (SSSR count). The van der Waals surface area contributed by atoms with Crippen LogP contribution < -0.4 is 4.74 Å². The third-order valence-corrected chi connectivity index (χ3v) is 5.38. The van der Waals surface area contributed by atoms with Gasteiger partial charge in [0.05, 0.1) is 26.0 Å². The number of piperidine rings is 1. The summed E-state index contributed by atoms with van der Waals surface area (Å²) in [4.78, 5) is 14.7. The van der Waals surface area contributed by atoms with E-state index in [1.807, 2.05) is 6.92 Å². The van der Waals surface area contributed by atoms with Crippen molar-refractivity contribution in [2.45, 2.75) is 32.1 Å². The lowest BCUT2D eigenvalue weighted by molar-refractivity contribution is -0.181. The van der Waals surface area contributed by atoms with Crippen molar-refractivity contribution in [3.8, 4) is 17.0 Å². The number of methoxy groups -OCH3 is 1. The van der Waals surface area contributed by atoms with Crippen LogP contribution in [0, 0.1) is 5.82 Å². The molecule has 0 bridgehead atoms. The molecule has 28 heavy (non-hydrogen) atoms. The first kappa shape index (κ1) is 18.9. The predicted octanol–water partition coefficient (Wildman–Crippen LogP) is 2.70. The monoisotopic (exact) mass is 389 g/mol. The van der Waals surface area contributed by atoms with Crippen molar-refractivity contribution in [2.24, 2.45) is 0 Å². The van der Waals surface area contributed by atoms with Crippen LogP contribution in [0.1, 0.15) is 30.3 Å². The predicted molar refractivity (Wildman–Crippen MR) is 99.6 cm³/mol. The largest absolute Gasteiger partial charge is 0.497 e. The zero-order chi connectivity index (χ0) is 19.7. The number of hydrogen-bond donors (Lipinski definition) is 0. The van der Waals surface area contributed by atoms with Crippen molar-refractivity contribution in [1.82, 2.24) is 14.7 Å². The number of ether oxygens (including phenoxy) is 3. The first-order valence-electron chi connectivity index (χ1n) is 9.54. The Morgan fingerprint density at radius 1 is 1.25 bits per heavy atom. The van der Waals surface area contributed by atoms with E-state index in [0.717, 1.165) is 0 Å². The number of rotatable bonds is 4. The van der Waals surface area contributed by atoms with Crippen LogP contribution in [-0.2, 0) is 16.0 Å². The first-order valence-corrected chi connectivity index (χ1v) is 9.54. The molecule has 0 unspecified atom stereocenters. The van der Waals surface area contributed by atoms with Gasteiger partial charge in [-0.25, -0.2) is 4.39 Å². The molecule has 1 aromatic carbocycles. The fourth-order valence-corrected chi connectivity index (χ4v) is 3.81. The molecule has 150 valence electrons. The Hall–Kier alpha value is -2.45. The zero-order valence-corrected chi connectivity index (χ0v) is 16.1. The molecule has 0 saturated carbocycles. The smallest absolute Gasteiger partial charge is 0.274 e. The SMILES string of the molecule is CCn1nc(C(=O)N2CCC3(CC2)OCCO3)cc1-c1ccc(OC)cc1F. The van der Waals surface area contributed by atoms with Crippen molar-refractivity contribution in [3.05, 3.63) is 35.8 Å². The number of carbonyl (C=O) groups excluding carboxylic acids is 1. The standard InChI is InChI=1S/C20H24FN3O4/c1-3-24-18(15-5-4-14(26-2)12-16(15)21)13-17(22-24)19(25)23-8-6-20(7-9-23)27-10-11-28-20/h4-5,12-13H,3,6-11H2,1-2H3. The van der Waals surface area contributed by atoms with E-state index >= 15 is 0 Å². The summed E-state index contributed by atoms with van der Waals surface area (Å²) in [6, 6.07) is 6.32. The number of hydrogen-bond acceptors (Lipinski definition) is 5. The maximum Gasteiger partial charge on any atom is 0.274 e. The van der Waals surface area contributed by atoms with Gasteiger partial charge in [0.25, 0.3) is 5.91 Å². The lowest BCUT2D eigenvalue weighted by Gasteiger charge is -2.37. The molecule has 2 aliphatic heterocycles. The van der Waals surface area contributed by atoms with Crippen molar-refractivity contribution in [3.63, 3.8) is 0 Å². The number of benzene rings is 1. The second-order valence-corrected chi connectivity index (χ2v) is 6.98. The lowest BCUT2D eigenvalue weighted by atomic mass is 10.0. The van der Waals surface area contributed by atoms with E-state index in [2.05, 4.69) is 5.10 Å². The molecule has 2 aromatic rings. The van der Waals surface area contributed by atoms with E-state index in [4.69, 9.17) is 14.2 Å². The highest BCUT2D eigenvalue weighted by Crippen LogP contribution is 2.32. The van der Waals surface area contributed by atoms with Crippen LogP contribution in [0.15, 0.2) is 24.3 Å². The number of halogens is 1. The first-order chi connectivity index (χ1) is 13.5. The molecule has 2 aliphatic rings. The molecule has 0 radical (unpaired) electrons. The molecular weight excluding hydrogens is 365 g/mol. The summed E-state index contributed by atoms with van der Waals surface area (Å²) in [5.74, 6) is -0.658. The van der Waals surface area contributed by atoms with Crippen LogP contribution in [0.3, 0.4) is 0 Å². The quantitative estimate of drug-likeness (QED) is 0.804. The van der Waals surface area contributed by atoms with Gasteiger partial charge in [0.15, 0.2) is 11.5 Å². The minimum absolute atomic E-state index is 0.157. The van der Waals surface area contributed by atoms with Gasteiger partial charge in [-0.15, -0.1) is 0 Å². The maximum absolute atomic E-state index is 14.5. The molecule has 3 heterocycles. The lowest BCUT2D eigenvalue weighted by Crippen LogP contribution is -2.47. The van der Waals surface area contributed by atoms with E-state index in [-0.39, 0.29) is 5.91 Å². The molecule has 1 amide bonds. The van der Waals surface area contributed by atoms with Gasteiger partial charge in [-0.3, -0.25) is 9.48 Å². The number of likely N-dealkylation sites (tertiary alicyclic amines) is 1. The Morgan fingerprint density at radius 3 is 2.57 bits per heavy atom. The molecule has 1 spiro atoms. The van der Waals surface area contributed by atoms with Crippen molar-refractivity contribution >= 4 is 5.91 Å². The molecule has 0 atom stereocenters. The van der Waals surface area contributed by atoms with Crippen molar-refractivity contribution < 1.29 is 23.4 Å². The summed E-state index contributed by atoms with van der Waals surface area (Å²) >= 11 is 0. The summed E-state index contributed by atoms with van der Waals surface area (Å²) < 4.78 is 32.7. The van der Waals surface area contributed by atoms with Crippen LogP contribution in [0.25, 0.3) is 11.3 Å². The third kappa shape index (κ3) is 3.38. The van der Waals surface area contributed by atoms with Gasteiger partial charge in [0, 0.05) is 44.1 Å². The van der Waals surface area contributed by atoms with Gasteiger partial charge in [-0.05, 0) is 25.1 Å². The van der Waals surface area contributed by atoms with Gasteiger partial charge in [-0.2, -0.15) is 5.10 Å². The number of carbonyl (C=O) groups is 1. The van der Waals surface area contributed by atoms with Crippen molar-refractivity contribution in [2.75, 3.05) is 33.4 Å². The van der Waals surface area contributed by atoms with Crippen molar-refractivity contribution in [1.29, 1.82) is 0 Å². The molecule has 0 N–H and O–H groups in total. The van der Waals surface area contributed by atoms with Crippen LogP contribution in [0.4, 0.5) is 4.39 Å². The zero-order valence-electron chi connectivity index (χ0n) is 16.1. The summed E-state index contributed by atoms with van der Waals surface area (Å²) in [5.41, 5.74) is 1.28. The summed E-state index contributed by atoms with van der Waals surface area (Å²) in [7, 11) is 1.49. The maximum atomic E-state index is 14.5. The van der Waals surface area contributed by atoms with Crippen LogP contribution in [-0.4, -0.2) is 59.8 Å². The summed E-state index contributed by atoms with van der Waals surface area (Å²) in [6.07, 6.45) is 1.29. The van der Waals surface area contributed by atoms with Gasteiger partial charge in [0.1, 0.15) is 11.6 Å². The average Bonchev–Trinajstić information content (AvgIpc) is 3.35. The van der Waals surface area contributed by atoms with E-state index in [0.29, 0.717) is 68.4 Å². The second-order valence-electron chi connectivity index (χ2n) is 6.98. The van der Waals surface area contributed by atoms with Gasteiger partial charge in [-0.1, -0.05) is 0 Å². The van der Waals surface area contributed by atoms with E-state index in [9.17, 15) is 9.18 Å². The van der Waals surface area contributed by atoms with E-state index in [1.165, 1.54) is 13.2 Å². The molecule has 2 fully saturated rings. The van der Waals surface area contributed by atoms with Gasteiger partial charge in [0.2, 0.25) is 0 Å².